The van der Waals surface area contributed by atoms with Crippen LogP contribution in [0.1, 0.15) is 32.8 Å². The van der Waals surface area contributed by atoms with Gasteiger partial charge in [0, 0.05) is 32.7 Å². The van der Waals surface area contributed by atoms with Gasteiger partial charge in [0.05, 0.1) is 11.9 Å². The highest BCUT2D eigenvalue weighted by atomic mass is 79.9. The predicted octanol–water partition coefficient (Wildman–Crippen LogP) is 4.85. The monoisotopic (exact) mass is 591 g/mol. The van der Waals surface area contributed by atoms with Gasteiger partial charge in [0.15, 0.2) is 0 Å². The molecule has 2 amide bonds. The SMILES string of the molecule is CC[C@@H](C(=O)NC(C)C)N(Cc1c(Cl)cccc1Cl)C(=O)CN(c1ccccc1Br)S(C)(=O)=O. The zero-order chi connectivity index (χ0) is 25.6. The van der Waals surface area contributed by atoms with Crippen LogP contribution < -0.4 is 9.62 Å². The average molecular weight is 593 g/mol. The minimum absolute atomic E-state index is 0.0606. The number of carbonyl (C=O) groups is 2. The molecule has 0 aliphatic carbocycles. The lowest BCUT2D eigenvalue weighted by atomic mass is 10.1. The Hall–Kier alpha value is -1.81. The Morgan fingerprint density at radius 2 is 1.65 bits per heavy atom. The molecule has 0 saturated carbocycles. The van der Waals surface area contributed by atoms with E-state index in [1.807, 2.05) is 13.8 Å². The summed E-state index contributed by atoms with van der Waals surface area (Å²) in [6.07, 6.45) is 1.33. The zero-order valence-corrected chi connectivity index (χ0v) is 23.3. The Balaban J connectivity index is 2.52. The number of para-hydroxylation sites is 1. The molecule has 0 bridgehead atoms. The number of carbonyl (C=O) groups excluding carboxylic acids is 2. The highest BCUT2D eigenvalue weighted by Crippen LogP contribution is 2.30. The second kappa shape index (κ2) is 12.2. The first-order chi connectivity index (χ1) is 15.9. The maximum absolute atomic E-state index is 13.6. The molecule has 0 aliphatic heterocycles. The highest BCUT2D eigenvalue weighted by Gasteiger charge is 2.33. The van der Waals surface area contributed by atoms with Crippen LogP contribution in [0.2, 0.25) is 10.0 Å². The fraction of sp³-hybridized carbons (Fsp3) is 0.391. The maximum atomic E-state index is 13.6. The lowest BCUT2D eigenvalue weighted by molar-refractivity contribution is -0.140. The number of benzene rings is 2. The van der Waals surface area contributed by atoms with Crippen molar-refractivity contribution < 1.29 is 18.0 Å². The summed E-state index contributed by atoms with van der Waals surface area (Å²) in [5.74, 6) is -0.913. The van der Waals surface area contributed by atoms with Gasteiger partial charge in [-0.3, -0.25) is 13.9 Å². The summed E-state index contributed by atoms with van der Waals surface area (Å²) < 4.78 is 26.8. The van der Waals surface area contributed by atoms with Gasteiger partial charge in [0.2, 0.25) is 21.8 Å². The number of hydrogen-bond donors (Lipinski definition) is 1. The van der Waals surface area contributed by atoms with Crippen molar-refractivity contribution in [1.29, 1.82) is 0 Å². The molecule has 186 valence electrons. The number of sulfonamides is 1. The minimum Gasteiger partial charge on any atom is -0.352 e. The van der Waals surface area contributed by atoms with Gasteiger partial charge in [-0.1, -0.05) is 48.3 Å². The van der Waals surface area contributed by atoms with Crippen molar-refractivity contribution in [3.8, 4) is 0 Å². The quantitative estimate of drug-likeness (QED) is 0.427. The number of anilines is 1. The normalized spacial score (nSPS) is 12.4. The molecular weight excluding hydrogens is 565 g/mol. The summed E-state index contributed by atoms with van der Waals surface area (Å²) in [6, 6.07) is 10.7. The number of halogens is 3. The summed E-state index contributed by atoms with van der Waals surface area (Å²) in [5.41, 5.74) is 0.788. The summed E-state index contributed by atoms with van der Waals surface area (Å²) in [7, 11) is -3.83. The molecule has 0 unspecified atom stereocenters. The molecule has 1 N–H and O–H groups in total. The third kappa shape index (κ3) is 7.34. The molecule has 0 saturated heterocycles. The van der Waals surface area contributed by atoms with Gasteiger partial charge in [-0.25, -0.2) is 8.42 Å². The van der Waals surface area contributed by atoms with E-state index in [0.717, 1.165) is 10.6 Å². The fourth-order valence-electron chi connectivity index (χ4n) is 3.40. The van der Waals surface area contributed by atoms with Crippen LogP contribution in [0.5, 0.6) is 0 Å². The van der Waals surface area contributed by atoms with Crippen molar-refractivity contribution in [2.24, 2.45) is 0 Å². The van der Waals surface area contributed by atoms with E-state index in [1.165, 1.54) is 4.90 Å². The van der Waals surface area contributed by atoms with E-state index in [2.05, 4.69) is 21.2 Å². The molecule has 2 aromatic rings. The van der Waals surface area contributed by atoms with E-state index in [9.17, 15) is 18.0 Å². The van der Waals surface area contributed by atoms with Crippen molar-refractivity contribution in [2.75, 3.05) is 17.1 Å². The van der Waals surface area contributed by atoms with Crippen molar-refractivity contribution in [2.45, 2.75) is 45.8 Å². The Kier molecular flexibility index (Phi) is 10.2. The standard InChI is InChI=1S/C23H28BrCl2N3O4S/c1-5-20(23(31)27-15(2)3)28(13-16-18(25)10-8-11-19(16)26)22(30)14-29(34(4,32)33)21-12-7-6-9-17(21)24/h6-12,15,20H,5,13-14H2,1-4H3,(H,27,31)/t20-/m0/s1. The van der Waals surface area contributed by atoms with Crippen LogP contribution in [0.25, 0.3) is 0 Å². The van der Waals surface area contributed by atoms with E-state index >= 15 is 0 Å². The van der Waals surface area contributed by atoms with Gasteiger partial charge in [0.1, 0.15) is 12.6 Å². The van der Waals surface area contributed by atoms with Gasteiger partial charge in [0.25, 0.3) is 0 Å². The second-order valence-corrected chi connectivity index (χ2v) is 11.6. The van der Waals surface area contributed by atoms with E-state index in [0.29, 0.717) is 32.2 Å². The number of hydrogen-bond acceptors (Lipinski definition) is 4. The second-order valence-electron chi connectivity index (χ2n) is 8.03. The molecule has 11 heteroatoms. The van der Waals surface area contributed by atoms with Crippen molar-refractivity contribution >= 4 is 66.7 Å². The highest BCUT2D eigenvalue weighted by molar-refractivity contribution is 9.10. The van der Waals surface area contributed by atoms with Crippen LogP contribution in [0.15, 0.2) is 46.9 Å². The van der Waals surface area contributed by atoms with Crippen LogP contribution >= 0.6 is 39.1 Å². The molecular formula is C23H28BrCl2N3O4S. The number of amides is 2. The van der Waals surface area contributed by atoms with Gasteiger partial charge in [-0.2, -0.15) is 0 Å². The van der Waals surface area contributed by atoms with Crippen LogP contribution in [0, 0.1) is 0 Å². The maximum Gasteiger partial charge on any atom is 0.244 e. The van der Waals surface area contributed by atoms with E-state index in [4.69, 9.17) is 23.2 Å². The zero-order valence-electron chi connectivity index (χ0n) is 19.4. The summed E-state index contributed by atoms with van der Waals surface area (Å²) in [5, 5.41) is 3.52. The Bertz CT molecular complexity index is 1120. The van der Waals surface area contributed by atoms with Gasteiger partial charge in [-0.15, -0.1) is 0 Å². The first-order valence-corrected chi connectivity index (χ1v) is 14.0. The molecule has 0 aliphatic rings. The molecule has 2 rings (SSSR count). The molecule has 7 nitrogen and oxygen atoms in total. The first-order valence-electron chi connectivity index (χ1n) is 10.6. The van der Waals surface area contributed by atoms with Crippen LogP contribution in [0.4, 0.5) is 5.69 Å². The molecule has 1 atom stereocenters. The largest absolute Gasteiger partial charge is 0.352 e. The van der Waals surface area contributed by atoms with Gasteiger partial charge >= 0.3 is 0 Å². The molecule has 0 spiro atoms. The third-order valence-electron chi connectivity index (χ3n) is 5.01. The molecule has 0 fully saturated rings. The van der Waals surface area contributed by atoms with Gasteiger partial charge in [-0.05, 0) is 60.5 Å². The lowest BCUT2D eigenvalue weighted by Crippen LogP contribution is -2.53. The third-order valence-corrected chi connectivity index (χ3v) is 7.51. The number of nitrogens with one attached hydrogen (secondary N) is 1. The Morgan fingerprint density at radius 3 is 2.15 bits per heavy atom. The number of rotatable bonds is 10. The molecule has 0 radical (unpaired) electrons. The predicted molar refractivity (Wildman–Crippen MR) is 141 cm³/mol. The summed E-state index contributed by atoms with van der Waals surface area (Å²) >= 11 is 16.1. The Labute approximate surface area is 219 Å². The van der Waals surface area contributed by atoms with Gasteiger partial charge < -0.3 is 10.2 Å². The topological polar surface area (TPSA) is 86.8 Å². The van der Waals surface area contributed by atoms with Crippen LogP contribution in [-0.4, -0.2) is 50.0 Å². The smallest absolute Gasteiger partial charge is 0.244 e. The van der Waals surface area contributed by atoms with E-state index in [-0.39, 0.29) is 18.5 Å². The van der Waals surface area contributed by atoms with Crippen LogP contribution in [0.3, 0.4) is 0 Å². The molecule has 0 heterocycles. The summed E-state index contributed by atoms with van der Waals surface area (Å²) in [6.45, 7) is 4.85. The average Bonchev–Trinajstić information content (AvgIpc) is 2.73. The molecule has 0 aromatic heterocycles. The lowest BCUT2D eigenvalue weighted by Gasteiger charge is -2.33. The first kappa shape index (κ1) is 28.4. The van der Waals surface area contributed by atoms with E-state index < -0.39 is 28.5 Å². The van der Waals surface area contributed by atoms with Crippen molar-refractivity contribution in [1.82, 2.24) is 10.2 Å². The molecule has 2 aromatic carbocycles. The Morgan fingerprint density at radius 1 is 1.06 bits per heavy atom. The van der Waals surface area contributed by atoms with E-state index in [1.54, 1.807) is 49.4 Å². The number of nitrogens with zero attached hydrogens (tertiary/aromatic N) is 2. The summed E-state index contributed by atoms with van der Waals surface area (Å²) in [4.78, 5) is 28.0. The van der Waals surface area contributed by atoms with Crippen LogP contribution in [-0.2, 0) is 26.2 Å². The van der Waals surface area contributed by atoms with Crippen molar-refractivity contribution in [3.05, 3.63) is 62.5 Å². The molecule has 34 heavy (non-hydrogen) atoms. The fourth-order valence-corrected chi connectivity index (χ4v) is 5.40. The minimum atomic E-state index is -3.83. The van der Waals surface area contributed by atoms with Crippen molar-refractivity contribution in [3.63, 3.8) is 0 Å².